The van der Waals surface area contributed by atoms with Gasteiger partial charge in [-0.25, -0.2) is 0 Å². The predicted octanol–water partition coefficient (Wildman–Crippen LogP) is 3.40. The number of ether oxygens (including phenoxy) is 1. The van der Waals surface area contributed by atoms with Crippen LogP contribution in [0.5, 0.6) is 0 Å². The van der Waals surface area contributed by atoms with Gasteiger partial charge in [0.05, 0.1) is 12.7 Å². The van der Waals surface area contributed by atoms with Crippen LogP contribution in [0.25, 0.3) is 0 Å². The van der Waals surface area contributed by atoms with Crippen molar-refractivity contribution >= 4 is 0 Å². The molecule has 0 saturated carbocycles. The molecule has 1 atom stereocenters. The van der Waals surface area contributed by atoms with Crippen LogP contribution in [-0.4, -0.2) is 12.7 Å². The van der Waals surface area contributed by atoms with Crippen molar-refractivity contribution in [1.82, 2.24) is 0 Å². The van der Waals surface area contributed by atoms with Gasteiger partial charge in [0.25, 0.3) is 0 Å². The fourth-order valence-corrected chi connectivity index (χ4v) is 1.13. The maximum absolute atomic E-state index is 5.45. The fourth-order valence-electron chi connectivity index (χ4n) is 1.13. The Morgan fingerprint density at radius 2 is 1.92 bits per heavy atom. The first-order valence-electron chi connectivity index (χ1n) is 4.89. The van der Waals surface area contributed by atoms with Crippen molar-refractivity contribution in [1.29, 1.82) is 0 Å². The quantitative estimate of drug-likeness (QED) is 0.532. The highest BCUT2D eigenvalue weighted by Crippen LogP contribution is 2.09. The summed E-state index contributed by atoms with van der Waals surface area (Å²) in [5, 5.41) is 0. The Hall–Kier alpha value is -0.300. The summed E-state index contributed by atoms with van der Waals surface area (Å²) in [5.74, 6) is 0.816. The lowest BCUT2D eigenvalue weighted by Gasteiger charge is -2.11. The van der Waals surface area contributed by atoms with Gasteiger partial charge < -0.3 is 4.74 Å². The van der Waals surface area contributed by atoms with Gasteiger partial charge in [0.15, 0.2) is 0 Å². The van der Waals surface area contributed by atoms with E-state index in [9.17, 15) is 0 Å². The van der Waals surface area contributed by atoms with Crippen molar-refractivity contribution in [3.05, 3.63) is 12.7 Å². The second-order valence-electron chi connectivity index (χ2n) is 3.76. The highest BCUT2D eigenvalue weighted by atomic mass is 16.5. The van der Waals surface area contributed by atoms with E-state index in [0.717, 1.165) is 5.92 Å². The van der Waals surface area contributed by atoms with Crippen LogP contribution in [0, 0.1) is 5.92 Å². The number of rotatable bonds is 7. The molecule has 0 N–H and O–H groups in total. The molecule has 0 aliphatic carbocycles. The molecule has 0 unspecified atom stereocenters. The van der Waals surface area contributed by atoms with Crippen LogP contribution in [0.4, 0.5) is 0 Å². The lowest BCUT2D eigenvalue weighted by Crippen LogP contribution is -2.08. The summed E-state index contributed by atoms with van der Waals surface area (Å²) in [6.45, 7) is 10.9. The Balaban J connectivity index is 3.18. The van der Waals surface area contributed by atoms with Crippen LogP contribution in [0.1, 0.15) is 40.0 Å². The minimum absolute atomic E-state index is 0.391. The van der Waals surface area contributed by atoms with E-state index in [1.54, 1.807) is 6.08 Å². The zero-order valence-corrected chi connectivity index (χ0v) is 8.68. The van der Waals surface area contributed by atoms with E-state index in [1.807, 2.05) is 0 Å². The molecule has 1 nitrogen and oxygen atoms in total. The first-order chi connectivity index (χ1) is 5.66. The third kappa shape index (κ3) is 7.80. The molecule has 1 heteroatoms. The smallest absolute Gasteiger partial charge is 0.0648 e. The Morgan fingerprint density at radius 3 is 2.42 bits per heavy atom. The highest BCUT2D eigenvalue weighted by Gasteiger charge is 2.01. The lowest BCUT2D eigenvalue weighted by atomic mass is 10.0. The molecular formula is C11H22O. The van der Waals surface area contributed by atoms with Crippen LogP contribution >= 0.6 is 0 Å². The van der Waals surface area contributed by atoms with Gasteiger partial charge in [-0.2, -0.15) is 0 Å². The second-order valence-corrected chi connectivity index (χ2v) is 3.76. The molecule has 0 fully saturated rings. The van der Waals surface area contributed by atoms with Crippen LogP contribution in [0.2, 0.25) is 0 Å². The standard InChI is InChI=1S/C11H22O/c1-5-9-12-11(4)8-6-7-10(2)3/h5,10-11H,1,6-9H2,2-4H3/t11-/m0/s1. The molecule has 0 saturated heterocycles. The average molecular weight is 170 g/mol. The van der Waals surface area contributed by atoms with Gasteiger partial charge in [0.1, 0.15) is 0 Å². The maximum Gasteiger partial charge on any atom is 0.0648 e. The SMILES string of the molecule is C=CCO[C@@H](C)CCCC(C)C. The number of hydrogen-bond donors (Lipinski definition) is 0. The zero-order chi connectivity index (χ0) is 9.40. The Kier molecular flexibility index (Phi) is 7.17. The van der Waals surface area contributed by atoms with Crippen molar-refractivity contribution < 1.29 is 4.74 Å². The summed E-state index contributed by atoms with van der Waals surface area (Å²) < 4.78 is 5.45. The maximum atomic E-state index is 5.45. The summed E-state index contributed by atoms with van der Waals surface area (Å²) >= 11 is 0. The zero-order valence-electron chi connectivity index (χ0n) is 8.68. The van der Waals surface area contributed by atoms with Gasteiger partial charge >= 0.3 is 0 Å². The lowest BCUT2D eigenvalue weighted by molar-refractivity contribution is 0.0793. The first kappa shape index (κ1) is 11.7. The van der Waals surface area contributed by atoms with Gasteiger partial charge in [-0.05, 0) is 19.3 Å². The molecule has 0 aliphatic heterocycles. The van der Waals surface area contributed by atoms with E-state index < -0.39 is 0 Å². The van der Waals surface area contributed by atoms with E-state index in [0.29, 0.717) is 12.7 Å². The monoisotopic (exact) mass is 170 g/mol. The molecule has 0 radical (unpaired) electrons. The topological polar surface area (TPSA) is 9.23 Å². The molecule has 0 aromatic carbocycles. The minimum atomic E-state index is 0.391. The van der Waals surface area contributed by atoms with Crippen molar-refractivity contribution in [3.63, 3.8) is 0 Å². The molecule has 0 aromatic rings. The molecule has 0 aliphatic rings. The van der Waals surface area contributed by atoms with E-state index >= 15 is 0 Å². The van der Waals surface area contributed by atoms with Crippen molar-refractivity contribution in [3.8, 4) is 0 Å². The molecule has 12 heavy (non-hydrogen) atoms. The second kappa shape index (κ2) is 7.35. The van der Waals surface area contributed by atoms with E-state index in [-0.39, 0.29) is 0 Å². The Morgan fingerprint density at radius 1 is 1.25 bits per heavy atom. The van der Waals surface area contributed by atoms with Gasteiger partial charge in [-0.3, -0.25) is 0 Å². The molecule has 0 bridgehead atoms. The summed E-state index contributed by atoms with van der Waals surface area (Å²) in [6, 6.07) is 0. The fraction of sp³-hybridized carbons (Fsp3) is 0.818. The minimum Gasteiger partial charge on any atom is -0.374 e. The Labute approximate surface area is 76.8 Å². The average Bonchev–Trinajstić information content (AvgIpc) is 2.00. The Bertz CT molecular complexity index is 108. The summed E-state index contributed by atoms with van der Waals surface area (Å²) in [7, 11) is 0. The van der Waals surface area contributed by atoms with Gasteiger partial charge in [0, 0.05) is 0 Å². The van der Waals surface area contributed by atoms with E-state index in [1.165, 1.54) is 19.3 Å². The molecule has 0 rings (SSSR count). The van der Waals surface area contributed by atoms with Crippen LogP contribution in [-0.2, 0) is 4.74 Å². The molecule has 0 spiro atoms. The van der Waals surface area contributed by atoms with Gasteiger partial charge in [-0.1, -0.05) is 32.8 Å². The summed E-state index contributed by atoms with van der Waals surface area (Å²) in [6.07, 6.45) is 5.95. The van der Waals surface area contributed by atoms with E-state index in [2.05, 4.69) is 27.4 Å². The number of hydrogen-bond acceptors (Lipinski definition) is 1. The van der Waals surface area contributed by atoms with Crippen LogP contribution in [0.15, 0.2) is 12.7 Å². The van der Waals surface area contributed by atoms with Crippen molar-refractivity contribution in [2.75, 3.05) is 6.61 Å². The molecular weight excluding hydrogens is 148 g/mol. The molecule has 0 heterocycles. The van der Waals surface area contributed by atoms with Crippen LogP contribution in [0.3, 0.4) is 0 Å². The van der Waals surface area contributed by atoms with Gasteiger partial charge in [0.2, 0.25) is 0 Å². The molecule has 0 amide bonds. The summed E-state index contributed by atoms with van der Waals surface area (Å²) in [5.41, 5.74) is 0. The summed E-state index contributed by atoms with van der Waals surface area (Å²) in [4.78, 5) is 0. The molecule has 0 aromatic heterocycles. The third-order valence-electron chi connectivity index (χ3n) is 1.89. The first-order valence-corrected chi connectivity index (χ1v) is 4.89. The normalized spacial score (nSPS) is 13.3. The van der Waals surface area contributed by atoms with Crippen molar-refractivity contribution in [2.45, 2.75) is 46.1 Å². The third-order valence-corrected chi connectivity index (χ3v) is 1.89. The van der Waals surface area contributed by atoms with E-state index in [4.69, 9.17) is 4.74 Å². The van der Waals surface area contributed by atoms with Crippen molar-refractivity contribution in [2.24, 2.45) is 5.92 Å². The predicted molar refractivity (Wildman–Crippen MR) is 54.3 cm³/mol. The van der Waals surface area contributed by atoms with Crippen LogP contribution < -0.4 is 0 Å². The van der Waals surface area contributed by atoms with Gasteiger partial charge in [-0.15, -0.1) is 6.58 Å². The largest absolute Gasteiger partial charge is 0.374 e. The molecule has 72 valence electrons. The highest BCUT2D eigenvalue weighted by molar-refractivity contribution is 4.65.